The molecule has 1 heterocycles. The standard InChI is InChI=1S/C14H25BrN2O3S/c1-4-6-7-11(5-2)9-17-21(18,19)13-8-12(10-16-3)20-14(13)15/h8,11,16-17H,4-7,9-10H2,1-3H3. The van der Waals surface area contributed by atoms with Gasteiger partial charge < -0.3 is 9.73 Å². The molecule has 1 unspecified atom stereocenters. The van der Waals surface area contributed by atoms with Gasteiger partial charge in [-0.2, -0.15) is 0 Å². The number of sulfonamides is 1. The Morgan fingerprint density at radius 1 is 1.38 bits per heavy atom. The molecule has 0 saturated heterocycles. The van der Waals surface area contributed by atoms with Crippen molar-refractivity contribution in [2.45, 2.75) is 51.0 Å². The molecule has 0 aliphatic heterocycles. The molecule has 7 heteroatoms. The molecular formula is C14H25BrN2O3S. The van der Waals surface area contributed by atoms with Gasteiger partial charge in [-0.1, -0.05) is 33.1 Å². The van der Waals surface area contributed by atoms with E-state index in [1.807, 2.05) is 0 Å². The van der Waals surface area contributed by atoms with Crippen LogP contribution in [0.25, 0.3) is 0 Å². The van der Waals surface area contributed by atoms with Gasteiger partial charge in [0.1, 0.15) is 10.7 Å². The Labute approximate surface area is 136 Å². The molecule has 2 N–H and O–H groups in total. The fourth-order valence-electron chi connectivity index (χ4n) is 2.09. The Morgan fingerprint density at radius 2 is 2.10 bits per heavy atom. The highest BCUT2D eigenvalue weighted by molar-refractivity contribution is 9.10. The maximum Gasteiger partial charge on any atom is 0.244 e. The van der Waals surface area contributed by atoms with E-state index in [4.69, 9.17) is 4.42 Å². The predicted molar refractivity (Wildman–Crippen MR) is 87.7 cm³/mol. The predicted octanol–water partition coefficient (Wildman–Crippen LogP) is 3.26. The molecule has 0 bridgehead atoms. The lowest BCUT2D eigenvalue weighted by Crippen LogP contribution is -2.29. The van der Waals surface area contributed by atoms with Gasteiger partial charge in [0.2, 0.25) is 10.0 Å². The minimum atomic E-state index is -3.54. The molecule has 1 aromatic rings. The fourth-order valence-corrected chi connectivity index (χ4v) is 4.20. The van der Waals surface area contributed by atoms with Crippen LogP contribution >= 0.6 is 15.9 Å². The Morgan fingerprint density at radius 3 is 2.67 bits per heavy atom. The van der Waals surface area contributed by atoms with E-state index in [1.165, 1.54) is 0 Å². The smallest absolute Gasteiger partial charge is 0.244 e. The second kappa shape index (κ2) is 8.92. The van der Waals surface area contributed by atoms with Crippen LogP contribution in [0.5, 0.6) is 0 Å². The van der Waals surface area contributed by atoms with Crippen LogP contribution in [0.4, 0.5) is 0 Å². The summed E-state index contributed by atoms with van der Waals surface area (Å²) in [6, 6.07) is 1.55. The maximum absolute atomic E-state index is 12.3. The van der Waals surface area contributed by atoms with Crippen molar-refractivity contribution >= 4 is 26.0 Å². The van der Waals surface area contributed by atoms with E-state index in [1.54, 1.807) is 13.1 Å². The lowest BCUT2D eigenvalue weighted by molar-refractivity contribution is 0.442. The SMILES string of the molecule is CCCCC(CC)CNS(=O)(=O)c1cc(CNC)oc1Br. The van der Waals surface area contributed by atoms with E-state index in [0.717, 1.165) is 25.7 Å². The van der Waals surface area contributed by atoms with Crippen LogP contribution in [0.1, 0.15) is 45.3 Å². The minimum absolute atomic E-state index is 0.165. The van der Waals surface area contributed by atoms with Gasteiger partial charge >= 0.3 is 0 Å². The van der Waals surface area contributed by atoms with Gasteiger partial charge in [-0.25, -0.2) is 13.1 Å². The van der Waals surface area contributed by atoms with Crippen molar-refractivity contribution in [3.63, 3.8) is 0 Å². The molecule has 0 radical (unpaired) electrons. The van der Waals surface area contributed by atoms with Crippen LogP contribution in [0.15, 0.2) is 20.0 Å². The van der Waals surface area contributed by atoms with Gasteiger partial charge in [0.15, 0.2) is 4.67 Å². The van der Waals surface area contributed by atoms with E-state index in [0.29, 0.717) is 24.8 Å². The molecule has 0 saturated carbocycles. The van der Waals surface area contributed by atoms with Crippen molar-refractivity contribution in [1.82, 2.24) is 10.0 Å². The van der Waals surface area contributed by atoms with E-state index < -0.39 is 10.0 Å². The number of hydrogen-bond acceptors (Lipinski definition) is 4. The number of halogens is 1. The molecule has 5 nitrogen and oxygen atoms in total. The number of nitrogens with one attached hydrogen (secondary N) is 2. The summed E-state index contributed by atoms with van der Waals surface area (Å²) in [5.41, 5.74) is 0. The number of unbranched alkanes of at least 4 members (excludes halogenated alkanes) is 1. The number of furan rings is 1. The molecule has 1 aromatic heterocycles. The Bertz CT molecular complexity index is 528. The van der Waals surface area contributed by atoms with Gasteiger partial charge in [0, 0.05) is 12.6 Å². The van der Waals surface area contributed by atoms with Crippen LogP contribution in [0.2, 0.25) is 0 Å². The zero-order valence-electron chi connectivity index (χ0n) is 12.9. The summed E-state index contributed by atoms with van der Waals surface area (Å²) in [5, 5.41) is 2.93. The highest BCUT2D eigenvalue weighted by Crippen LogP contribution is 2.26. The average molecular weight is 381 g/mol. The summed E-state index contributed by atoms with van der Waals surface area (Å²) in [4.78, 5) is 0.165. The first-order valence-corrected chi connectivity index (χ1v) is 9.64. The summed E-state index contributed by atoms with van der Waals surface area (Å²) in [7, 11) is -1.76. The number of hydrogen-bond donors (Lipinski definition) is 2. The van der Waals surface area contributed by atoms with E-state index in [9.17, 15) is 8.42 Å². The van der Waals surface area contributed by atoms with Crippen LogP contribution in [0, 0.1) is 5.92 Å². The maximum atomic E-state index is 12.3. The molecule has 21 heavy (non-hydrogen) atoms. The zero-order valence-corrected chi connectivity index (χ0v) is 15.3. The molecule has 0 aromatic carbocycles. The molecule has 0 amide bonds. The molecular weight excluding hydrogens is 356 g/mol. The summed E-state index contributed by atoms with van der Waals surface area (Å²) in [5.74, 6) is 0.963. The molecule has 0 fully saturated rings. The molecule has 1 atom stereocenters. The normalized spacial score (nSPS) is 13.5. The first kappa shape index (κ1) is 18.7. The highest BCUT2D eigenvalue weighted by atomic mass is 79.9. The van der Waals surface area contributed by atoms with E-state index in [-0.39, 0.29) is 9.56 Å². The third-order valence-electron chi connectivity index (χ3n) is 3.45. The summed E-state index contributed by atoms with van der Waals surface area (Å²) in [6.45, 7) is 5.19. The van der Waals surface area contributed by atoms with Crippen molar-refractivity contribution < 1.29 is 12.8 Å². The van der Waals surface area contributed by atoms with Crippen molar-refractivity contribution in [3.8, 4) is 0 Å². The lowest BCUT2D eigenvalue weighted by Gasteiger charge is -2.15. The molecule has 1 rings (SSSR count). The van der Waals surface area contributed by atoms with Crippen molar-refractivity contribution in [2.75, 3.05) is 13.6 Å². The summed E-state index contributed by atoms with van der Waals surface area (Å²) >= 11 is 3.18. The topological polar surface area (TPSA) is 71.3 Å². The number of rotatable bonds is 10. The van der Waals surface area contributed by atoms with E-state index in [2.05, 4.69) is 39.8 Å². The lowest BCUT2D eigenvalue weighted by atomic mass is 10.00. The second-order valence-corrected chi connectivity index (χ2v) is 7.61. The Balaban J connectivity index is 2.72. The molecule has 0 spiro atoms. The first-order valence-electron chi connectivity index (χ1n) is 7.37. The summed E-state index contributed by atoms with van der Waals surface area (Å²) < 4.78 is 33.0. The van der Waals surface area contributed by atoms with Gasteiger partial charge in [0.05, 0.1) is 6.54 Å². The van der Waals surface area contributed by atoms with Crippen LogP contribution in [-0.4, -0.2) is 22.0 Å². The monoisotopic (exact) mass is 380 g/mol. The average Bonchev–Trinajstić information content (AvgIpc) is 2.81. The fraction of sp³-hybridized carbons (Fsp3) is 0.714. The van der Waals surface area contributed by atoms with Gasteiger partial charge in [0.25, 0.3) is 0 Å². The van der Waals surface area contributed by atoms with Crippen molar-refractivity contribution in [2.24, 2.45) is 5.92 Å². The van der Waals surface area contributed by atoms with Crippen LogP contribution in [0.3, 0.4) is 0 Å². The van der Waals surface area contributed by atoms with E-state index >= 15 is 0 Å². The van der Waals surface area contributed by atoms with Gasteiger partial charge in [-0.3, -0.25) is 0 Å². The van der Waals surface area contributed by atoms with Crippen LogP contribution in [-0.2, 0) is 16.6 Å². The van der Waals surface area contributed by atoms with Crippen molar-refractivity contribution in [1.29, 1.82) is 0 Å². The zero-order chi connectivity index (χ0) is 15.9. The minimum Gasteiger partial charge on any atom is -0.452 e. The third kappa shape index (κ3) is 5.73. The second-order valence-electron chi connectivity index (χ2n) is 5.15. The van der Waals surface area contributed by atoms with Crippen molar-refractivity contribution in [3.05, 3.63) is 16.5 Å². The third-order valence-corrected chi connectivity index (χ3v) is 5.73. The Hall–Kier alpha value is -0.370. The molecule has 0 aliphatic rings. The van der Waals surface area contributed by atoms with Gasteiger partial charge in [-0.05, 0) is 35.3 Å². The van der Waals surface area contributed by atoms with Crippen LogP contribution < -0.4 is 10.0 Å². The molecule has 0 aliphatic carbocycles. The van der Waals surface area contributed by atoms with Gasteiger partial charge in [-0.15, -0.1) is 0 Å². The quantitative estimate of drug-likeness (QED) is 0.653. The Kier molecular flexibility index (Phi) is 7.94. The largest absolute Gasteiger partial charge is 0.452 e. The summed E-state index contributed by atoms with van der Waals surface area (Å²) in [6.07, 6.45) is 4.28. The first-order chi connectivity index (χ1) is 9.94. The molecule has 122 valence electrons. The highest BCUT2D eigenvalue weighted by Gasteiger charge is 2.23.